The maximum Gasteiger partial charge on any atom is 0.270 e. The van der Waals surface area contributed by atoms with Crippen LogP contribution < -0.4 is 10.1 Å². The van der Waals surface area contributed by atoms with Gasteiger partial charge in [0.25, 0.3) is 15.7 Å². The lowest BCUT2D eigenvalue weighted by Gasteiger charge is -2.55. The third-order valence-corrected chi connectivity index (χ3v) is 8.14. The summed E-state index contributed by atoms with van der Waals surface area (Å²) in [6.45, 7) is 4.51. The molecule has 168 valence electrons. The number of nitrogens with one attached hydrogen (secondary N) is 2. The second-order valence-electron chi connectivity index (χ2n) is 8.67. The quantitative estimate of drug-likeness (QED) is 0.315. The SMILES string of the molecule is CC1(C)[C@H]2CC=C(C=NNc3ccc([N+](=O)[O-])cc3S(=O)(=O)Nc3ccc(Cl)cc3)[C@H]1C2. The molecule has 0 aromatic heterocycles. The minimum atomic E-state index is -4.14. The van der Waals surface area contributed by atoms with Gasteiger partial charge in [-0.1, -0.05) is 31.5 Å². The third-order valence-electron chi connectivity index (χ3n) is 6.47. The first kappa shape index (κ1) is 22.3. The van der Waals surface area contributed by atoms with Crippen LogP contribution in [0.3, 0.4) is 0 Å². The highest BCUT2D eigenvalue weighted by Crippen LogP contribution is 2.58. The van der Waals surface area contributed by atoms with Gasteiger partial charge >= 0.3 is 0 Å². The van der Waals surface area contributed by atoms with Crippen LogP contribution in [-0.4, -0.2) is 19.6 Å². The maximum absolute atomic E-state index is 13.0. The molecule has 3 aliphatic rings. The standard InChI is InChI=1S/C22H23ClN4O4S/c1-22(2)15-4-3-14(19(22)11-15)13-24-25-20-10-9-18(27(28)29)12-21(20)32(30,31)26-17-7-5-16(23)6-8-17/h3,5-10,12-13,15,19,25-26H,4,11H2,1-2H3/t15-,19+/m0/s1. The molecule has 0 heterocycles. The first-order valence-electron chi connectivity index (χ1n) is 10.1. The van der Waals surface area contributed by atoms with Crippen molar-refractivity contribution in [2.45, 2.75) is 31.6 Å². The number of sulfonamides is 1. The molecule has 32 heavy (non-hydrogen) atoms. The van der Waals surface area contributed by atoms with Gasteiger partial charge in [0.2, 0.25) is 0 Å². The molecular formula is C22H23ClN4O4S. The van der Waals surface area contributed by atoms with Crippen molar-refractivity contribution in [1.29, 1.82) is 0 Å². The van der Waals surface area contributed by atoms with Gasteiger partial charge in [-0.25, -0.2) is 8.42 Å². The zero-order chi connectivity index (χ0) is 23.1. The second kappa shape index (κ2) is 8.22. The molecule has 2 aromatic rings. The van der Waals surface area contributed by atoms with Crippen LogP contribution in [0.25, 0.3) is 0 Å². The van der Waals surface area contributed by atoms with E-state index in [9.17, 15) is 18.5 Å². The monoisotopic (exact) mass is 474 g/mol. The van der Waals surface area contributed by atoms with Crippen LogP contribution in [0.1, 0.15) is 26.7 Å². The van der Waals surface area contributed by atoms with Crippen molar-refractivity contribution in [3.8, 4) is 0 Å². The van der Waals surface area contributed by atoms with Gasteiger partial charge in [0.05, 0.1) is 16.8 Å². The number of allylic oxidation sites excluding steroid dienone is 2. The van der Waals surface area contributed by atoms with Crippen LogP contribution in [-0.2, 0) is 10.0 Å². The number of hydrogen-bond donors (Lipinski definition) is 2. The molecule has 1 saturated carbocycles. The summed E-state index contributed by atoms with van der Waals surface area (Å²) in [5.74, 6) is 1.13. The van der Waals surface area contributed by atoms with Gasteiger partial charge < -0.3 is 0 Å². The van der Waals surface area contributed by atoms with E-state index in [1.165, 1.54) is 24.3 Å². The summed E-state index contributed by atoms with van der Waals surface area (Å²) >= 11 is 5.85. The number of anilines is 2. The number of fused-ring (bicyclic) bond motifs is 1. The zero-order valence-corrected chi connectivity index (χ0v) is 19.2. The Morgan fingerprint density at radius 3 is 2.56 bits per heavy atom. The molecule has 10 heteroatoms. The van der Waals surface area contributed by atoms with Crippen molar-refractivity contribution in [2.75, 3.05) is 10.1 Å². The number of nitro benzene ring substituents is 1. The van der Waals surface area contributed by atoms with E-state index in [1.807, 2.05) is 0 Å². The van der Waals surface area contributed by atoms with Gasteiger partial charge in [-0.2, -0.15) is 5.10 Å². The van der Waals surface area contributed by atoms with Crippen molar-refractivity contribution in [1.82, 2.24) is 0 Å². The highest BCUT2D eigenvalue weighted by molar-refractivity contribution is 7.92. The number of non-ortho nitro benzene ring substituents is 1. The molecule has 2 N–H and O–H groups in total. The van der Waals surface area contributed by atoms with Gasteiger partial charge in [0.15, 0.2) is 0 Å². The highest BCUT2D eigenvalue weighted by Gasteiger charge is 2.50. The lowest BCUT2D eigenvalue weighted by molar-refractivity contribution is -0.385. The van der Waals surface area contributed by atoms with E-state index >= 15 is 0 Å². The average Bonchev–Trinajstić information content (AvgIpc) is 2.75. The average molecular weight is 475 g/mol. The van der Waals surface area contributed by atoms with E-state index in [2.05, 4.69) is 35.2 Å². The normalized spacial score (nSPS) is 21.5. The van der Waals surface area contributed by atoms with Gasteiger partial charge in [-0.05, 0) is 66.0 Å². The molecule has 3 aliphatic carbocycles. The Morgan fingerprint density at radius 1 is 1.22 bits per heavy atom. The summed E-state index contributed by atoms with van der Waals surface area (Å²) < 4.78 is 28.5. The summed E-state index contributed by atoms with van der Waals surface area (Å²) in [7, 11) is -4.14. The van der Waals surface area contributed by atoms with Gasteiger partial charge in [-0.15, -0.1) is 0 Å². The fraction of sp³-hybridized carbons (Fsp3) is 0.318. The molecule has 0 unspecified atom stereocenters. The fourth-order valence-corrected chi connectivity index (χ4v) is 5.75. The Balaban J connectivity index is 1.60. The molecule has 1 fully saturated rings. The van der Waals surface area contributed by atoms with Crippen LogP contribution in [0.2, 0.25) is 5.02 Å². The predicted molar refractivity (Wildman–Crippen MR) is 126 cm³/mol. The smallest absolute Gasteiger partial charge is 0.270 e. The van der Waals surface area contributed by atoms with Crippen LogP contribution >= 0.6 is 11.6 Å². The summed E-state index contributed by atoms with van der Waals surface area (Å²) in [6.07, 6.45) is 6.02. The minimum Gasteiger partial charge on any atom is -0.280 e. The van der Waals surface area contributed by atoms with Crippen LogP contribution in [0, 0.1) is 27.4 Å². The summed E-state index contributed by atoms with van der Waals surface area (Å²) in [4.78, 5) is 10.3. The minimum absolute atomic E-state index is 0.135. The predicted octanol–water partition coefficient (Wildman–Crippen LogP) is 5.44. The molecule has 0 radical (unpaired) electrons. The molecular weight excluding hydrogens is 452 g/mol. The molecule has 2 bridgehead atoms. The Morgan fingerprint density at radius 2 is 1.94 bits per heavy atom. The summed E-state index contributed by atoms with van der Waals surface area (Å²) in [6, 6.07) is 9.68. The third kappa shape index (κ3) is 4.22. The van der Waals surface area contributed by atoms with Crippen molar-refractivity contribution in [3.63, 3.8) is 0 Å². The van der Waals surface area contributed by atoms with E-state index in [-0.39, 0.29) is 27.4 Å². The van der Waals surface area contributed by atoms with Gasteiger partial charge in [-0.3, -0.25) is 20.3 Å². The number of rotatable bonds is 7. The molecule has 2 atom stereocenters. The van der Waals surface area contributed by atoms with E-state index in [4.69, 9.17) is 11.6 Å². The largest absolute Gasteiger partial charge is 0.280 e. The Bertz CT molecular complexity index is 1220. The lowest BCUT2D eigenvalue weighted by Crippen LogP contribution is -2.48. The number of benzene rings is 2. The lowest BCUT2D eigenvalue weighted by atomic mass is 9.49. The fourth-order valence-electron chi connectivity index (χ4n) is 4.39. The Labute approximate surface area is 191 Å². The van der Waals surface area contributed by atoms with E-state index < -0.39 is 14.9 Å². The molecule has 8 nitrogen and oxygen atoms in total. The van der Waals surface area contributed by atoms with Crippen LogP contribution in [0.4, 0.5) is 17.1 Å². The topological polar surface area (TPSA) is 114 Å². The van der Waals surface area contributed by atoms with Gasteiger partial charge in [0.1, 0.15) is 4.90 Å². The first-order valence-corrected chi connectivity index (χ1v) is 12.0. The number of nitro groups is 1. The van der Waals surface area contributed by atoms with Crippen molar-refractivity contribution in [2.24, 2.45) is 22.4 Å². The number of hydrogen-bond acceptors (Lipinski definition) is 6. The molecule has 0 spiro atoms. The van der Waals surface area contributed by atoms with E-state index in [1.54, 1.807) is 18.3 Å². The van der Waals surface area contributed by atoms with Crippen molar-refractivity contribution >= 4 is 44.9 Å². The molecule has 0 aliphatic heterocycles. The summed E-state index contributed by atoms with van der Waals surface area (Å²) in [5.41, 5.74) is 4.19. The van der Waals surface area contributed by atoms with Crippen molar-refractivity contribution in [3.05, 3.63) is 69.3 Å². The van der Waals surface area contributed by atoms with Crippen LogP contribution in [0.5, 0.6) is 0 Å². The van der Waals surface area contributed by atoms with E-state index in [0.29, 0.717) is 16.9 Å². The number of halogens is 1. The molecule has 0 amide bonds. The molecule has 0 saturated heterocycles. The Hall–Kier alpha value is -2.91. The first-order chi connectivity index (χ1) is 15.1. The molecule has 5 rings (SSSR count). The zero-order valence-electron chi connectivity index (χ0n) is 17.6. The second-order valence-corrected chi connectivity index (χ2v) is 10.8. The van der Waals surface area contributed by atoms with E-state index in [0.717, 1.165) is 24.5 Å². The Kier molecular flexibility index (Phi) is 5.72. The van der Waals surface area contributed by atoms with Gasteiger partial charge in [0, 0.05) is 22.8 Å². The number of nitrogens with zero attached hydrogens (tertiary/aromatic N) is 2. The van der Waals surface area contributed by atoms with Crippen molar-refractivity contribution < 1.29 is 13.3 Å². The number of hydrazone groups is 1. The van der Waals surface area contributed by atoms with Crippen LogP contribution in [0.15, 0.2) is 64.1 Å². The summed E-state index contributed by atoms with van der Waals surface area (Å²) in [5, 5.41) is 15.9. The maximum atomic E-state index is 13.0. The highest BCUT2D eigenvalue weighted by atomic mass is 35.5. The molecule has 2 aromatic carbocycles.